The van der Waals surface area contributed by atoms with Crippen LogP contribution in [0.15, 0.2) is 29.2 Å². The summed E-state index contributed by atoms with van der Waals surface area (Å²) < 4.78 is 10.4. The summed E-state index contributed by atoms with van der Waals surface area (Å²) >= 11 is 1.61. The molecule has 0 bridgehead atoms. The highest BCUT2D eigenvalue weighted by Crippen LogP contribution is 2.26. The van der Waals surface area contributed by atoms with E-state index in [1.54, 1.807) is 18.9 Å². The fraction of sp³-hybridized carbons (Fsp3) is 0.533. The topological polar surface area (TPSA) is 47.6 Å². The van der Waals surface area contributed by atoms with Crippen molar-refractivity contribution in [3.8, 4) is 5.75 Å². The lowest BCUT2D eigenvalue weighted by Gasteiger charge is -2.27. The van der Waals surface area contributed by atoms with Crippen LogP contribution in [0.5, 0.6) is 5.75 Å². The summed E-state index contributed by atoms with van der Waals surface area (Å²) in [4.78, 5) is 13.1. The Balaban J connectivity index is 2.72. The van der Waals surface area contributed by atoms with Crippen molar-refractivity contribution in [2.45, 2.75) is 31.2 Å². The van der Waals surface area contributed by atoms with E-state index in [0.29, 0.717) is 18.9 Å². The predicted molar refractivity (Wildman–Crippen MR) is 82.4 cm³/mol. The third-order valence-corrected chi connectivity index (χ3v) is 4.17. The van der Waals surface area contributed by atoms with E-state index in [9.17, 15) is 4.79 Å². The van der Waals surface area contributed by atoms with Crippen LogP contribution in [0.4, 0.5) is 0 Å². The monoisotopic (exact) mass is 297 g/mol. The molecule has 0 aromatic heterocycles. The second-order valence-electron chi connectivity index (χ2n) is 4.55. The number of thioether (sulfide) groups is 1. The summed E-state index contributed by atoms with van der Waals surface area (Å²) in [5.74, 6) is 1.21. The van der Waals surface area contributed by atoms with Gasteiger partial charge in [-0.15, -0.1) is 11.8 Å². The number of hydrogen-bond donors (Lipinski definition) is 1. The maximum absolute atomic E-state index is 12.1. The number of hydrogen-bond acceptors (Lipinski definition) is 5. The summed E-state index contributed by atoms with van der Waals surface area (Å²) in [6, 6.07) is 7.81. The van der Waals surface area contributed by atoms with Crippen molar-refractivity contribution in [1.82, 2.24) is 5.32 Å². The highest BCUT2D eigenvalue weighted by Gasteiger charge is 2.33. The van der Waals surface area contributed by atoms with Gasteiger partial charge in [0.15, 0.2) is 0 Å². The Kier molecular flexibility index (Phi) is 6.88. The van der Waals surface area contributed by atoms with Gasteiger partial charge < -0.3 is 14.8 Å². The van der Waals surface area contributed by atoms with Gasteiger partial charge in [-0.3, -0.25) is 4.79 Å². The van der Waals surface area contributed by atoms with Crippen LogP contribution in [0.1, 0.15) is 20.8 Å². The zero-order valence-electron chi connectivity index (χ0n) is 12.6. The molecule has 0 saturated heterocycles. The summed E-state index contributed by atoms with van der Waals surface area (Å²) in [6.07, 6.45) is 0. The maximum atomic E-state index is 12.1. The number of methoxy groups -OCH3 is 1. The second kappa shape index (κ2) is 8.17. The van der Waals surface area contributed by atoms with E-state index in [2.05, 4.69) is 5.32 Å². The van der Waals surface area contributed by atoms with Gasteiger partial charge in [0.05, 0.1) is 13.7 Å². The van der Waals surface area contributed by atoms with E-state index in [-0.39, 0.29) is 5.97 Å². The van der Waals surface area contributed by atoms with E-state index in [1.807, 2.05) is 45.0 Å². The lowest BCUT2D eigenvalue weighted by atomic mass is 10.1. The zero-order valence-corrected chi connectivity index (χ0v) is 13.4. The summed E-state index contributed by atoms with van der Waals surface area (Å²) in [6.45, 7) is 6.78. The number of ether oxygens (including phenoxy) is 2. The van der Waals surface area contributed by atoms with E-state index in [4.69, 9.17) is 9.47 Å². The molecule has 1 unspecified atom stereocenters. The minimum atomic E-state index is -0.682. The molecule has 0 spiro atoms. The van der Waals surface area contributed by atoms with Crippen LogP contribution in [0.3, 0.4) is 0 Å². The van der Waals surface area contributed by atoms with Crippen LogP contribution < -0.4 is 10.1 Å². The molecule has 0 aliphatic heterocycles. The van der Waals surface area contributed by atoms with Gasteiger partial charge in [-0.25, -0.2) is 0 Å². The second-order valence-corrected chi connectivity index (χ2v) is 5.60. The normalized spacial score (nSPS) is 13.6. The molecule has 5 heteroatoms. The van der Waals surface area contributed by atoms with Gasteiger partial charge in [0, 0.05) is 10.6 Å². The standard InChI is InChI=1S/C15H23NO3S/c1-5-16-15(3,14(17)19-6-2)11-20-13-9-7-8-12(10-13)18-4/h7-10,16H,5-6,11H2,1-4H3. The molecule has 0 fully saturated rings. The average Bonchev–Trinajstić information content (AvgIpc) is 2.46. The molecule has 1 aromatic rings. The zero-order chi connectivity index (χ0) is 15.0. The molecule has 0 radical (unpaired) electrons. The van der Waals surface area contributed by atoms with Gasteiger partial charge >= 0.3 is 5.97 Å². The Morgan fingerprint density at radius 2 is 2.15 bits per heavy atom. The van der Waals surface area contributed by atoms with Crippen molar-refractivity contribution in [3.05, 3.63) is 24.3 Å². The number of benzene rings is 1. The van der Waals surface area contributed by atoms with Gasteiger partial charge in [-0.1, -0.05) is 13.0 Å². The molecule has 4 nitrogen and oxygen atoms in total. The molecular weight excluding hydrogens is 274 g/mol. The van der Waals surface area contributed by atoms with E-state index < -0.39 is 5.54 Å². The molecule has 1 atom stereocenters. The molecular formula is C15H23NO3S. The van der Waals surface area contributed by atoms with Crippen LogP contribution in [0, 0.1) is 0 Å². The molecule has 0 aliphatic rings. The first-order valence-electron chi connectivity index (χ1n) is 6.74. The number of carbonyl (C=O) groups excluding carboxylic acids is 1. The Labute approximate surface area is 125 Å². The fourth-order valence-electron chi connectivity index (χ4n) is 1.78. The third-order valence-electron chi connectivity index (χ3n) is 2.86. The molecule has 0 heterocycles. The van der Waals surface area contributed by atoms with E-state index >= 15 is 0 Å². The van der Waals surface area contributed by atoms with Crippen LogP contribution in [0.2, 0.25) is 0 Å². The maximum Gasteiger partial charge on any atom is 0.326 e. The smallest absolute Gasteiger partial charge is 0.326 e. The third kappa shape index (κ3) is 4.72. The van der Waals surface area contributed by atoms with Gasteiger partial charge in [0.25, 0.3) is 0 Å². The number of nitrogens with one attached hydrogen (secondary N) is 1. The van der Waals surface area contributed by atoms with Crippen LogP contribution in [0.25, 0.3) is 0 Å². The molecule has 112 valence electrons. The van der Waals surface area contributed by atoms with Gasteiger partial charge in [0.2, 0.25) is 0 Å². The van der Waals surface area contributed by atoms with Crippen molar-refractivity contribution >= 4 is 17.7 Å². The summed E-state index contributed by atoms with van der Waals surface area (Å²) in [5.41, 5.74) is -0.682. The summed E-state index contributed by atoms with van der Waals surface area (Å²) in [7, 11) is 1.64. The quantitative estimate of drug-likeness (QED) is 0.590. The molecule has 1 aromatic carbocycles. The fourth-order valence-corrected chi connectivity index (χ4v) is 2.83. The van der Waals surface area contributed by atoms with Crippen LogP contribution >= 0.6 is 11.8 Å². The van der Waals surface area contributed by atoms with Crippen LogP contribution in [-0.2, 0) is 9.53 Å². The van der Waals surface area contributed by atoms with E-state index in [1.165, 1.54) is 0 Å². The minimum absolute atomic E-state index is 0.211. The molecule has 0 saturated carbocycles. The highest BCUT2D eigenvalue weighted by molar-refractivity contribution is 7.99. The number of likely N-dealkylation sites (N-methyl/N-ethyl adjacent to an activating group) is 1. The van der Waals surface area contributed by atoms with Crippen LogP contribution in [-0.4, -0.2) is 37.5 Å². The number of carbonyl (C=O) groups is 1. The Bertz CT molecular complexity index is 439. The lowest BCUT2D eigenvalue weighted by Crippen LogP contribution is -2.52. The van der Waals surface area contributed by atoms with Crippen molar-refractivity contribution in [2.24, 2.45) is 0 Å². The molecule has 0 amide bonds. The van der Waals surface area contributed by atoms with Gasteiger partial charge in [-0.2, -0.15) is 0 Å². The number of rotatable bonds is 8. The van der Waals surface area contributed by atoms with Crippen molar-refractivity contribution < 1.29 is 14.3 Å². The van der Waals surface area contributed by atoms with Gasteiger partial charge in [-0.05, 0) is 38.6 Å². The Morgan fingerprint density at radius 3 is 2.75 bits per heavy atom. The molecule has 0 aliphatic carbocycles. The SMILES string of the molecule is CCNC(C)(CSc1cccc(OC)c1)C(=O)OCC. The minimum Gasteiger partial charge on any atom is -0.497 e. The number of esters is 1. The van der Waals surface area contributed by atoms with Crippen molar-refractivity contribution in [1.29, 1.82) is 0 Å². The molecule has 1 rings (SSSR count). The molecule has 1 N–H and O–H groups in total. The Hall–Kier alpha value is -1.20. The lowest BCUT2D eigenvalue weighted by molar-refractivity contribution is -0.149. The Morgan fingerprint density at radius 1 is 1.40 bits per heavy atom. The molecule has 20 heavy (non-hydrogen) atoms. The first-order chi connectivity index (χ1) is 9.55. The first-order valence-corrected chi connectivity index (χ1v) is 7.73. The first kappa shape index (κ1) is 16.9. The highest BCUT2D eigenvalue weighted by atomic mass is 32.2. The van der Waals surface area contributed by atoms with E-state index in [0.717, 1.165) is 10.6 Å². The average molecular weight is 297 g/mol. The summed E-state index contributed by atoms with van der Waals surface area (Å²) in [5, 5.41) is 3.22. The predicted octanol–water partition coefficient (Wildman–Crippen LogP) is 2.72. The van der Waals surface area contributed by atoms with Crippen molar-refractivity contribution in [3.63, 3.8) is 0 Å². The van der Waals surface area contributed by atoms with Gasteiger partial charge in [0.1, 0.15) is 11.3 Å². The van der Waals surface area contributed by atoms with Crippen molar-refractivity contribution in [2.75, 3.05) is 26.0 Å². The largest absolute Gasteiger partial charge is 0.497 e.